The van der Waals surface area contributed by atoms with Gasteiger partial charge in [-0.25, -0.2) is 8.42 Å². The van der Waals surface area contributed by atoms with Crippen molar-refractivity contribution in [3.63, 3.8) is 0 Å². The molecule has 21 heavy (non-hydrogen) atoms. The maximum atomic E-state index is 13.0. The van der Waals surface area contributed by atoms with E-state index in [9.17, 15) is 8.42 Å². The Balaban J connectivity index is 2.12. The predicted molar refractivity (Wildman–Crippen MR) is 83.1 cm³/mol. The lowest BCUT2D eigenvalue weighted by molar-refractivity contribution is 0.586. The Bertz CT molecular complexity index is 759. The van der Waals surface area contributed by atoms with Gasteiger partial charge in [-0.3, -0.25) is 9.29 Å². The van der Waals surface area contributed by atoms with Gasteiger partial charge in [0, 0.05) is 26.0 Å². The van der Waals surface area contributed by atoms with Gasteiger partial charge in [-0.1, -0.05) is 18.2 Å². The zero-order valence-electron chi connectivity index (χ0n) is 11.8. The first-order chi connectivity index (χ1) is 10.1. The third kappa shape index (κ3) is 2.35. The Morgan fingerprint density at radius 2 is 2.05 bits per heavy atom. The Kier molecular flexibility index (Phi) is 3.55. The molecule has 3 rings (SSSR count). The number of fused-ring (bicyclic) bond motifs is 1. The van der Waals surface area contributed by atoms with Crippen LogP contribution < -0.4 is 9.62 Å². The van der Waals surface area contributed by atoms with Crippen molar-refractivity contribution in [2.75, 3.05) is 23.2 Å². The molecular weight excluding hydrogens is 286 g/mol. The molecule has 5 nitrogen and oxygen atoms in total. The van der Waals surface area contributed by atoms with Crippen LogP contribution in [0.3, 0.4) is 0 Å². The van der Waals surface area contributed by atoms with Crippen LogP contribution in [0.25, 0.3) is 0 Å². The van der Waals surface area contributed by atoms with Gasteiger partial charge in [0.15, 0.2) is 0 Å². The molecule has 0 fully saturated rings. The smallest absolute Gasteiger partial charge is 0.267 e. The number of para-hydroxylation sites is 1. The van der Waals surface area contributed by atoms with E-state index < -0.39 is 10.0 Å². The minimum Gasteiger partial charge on any atom is -0.387 e. The normalized spacial score (nSPS) is 14.6. The number of nitrogens with one attached hydrogen (secondary N) is 1. The summed E-state index contributed by atoms with van der Waals surface area (Å²) in [4.78, 5) is 4.18. The largest absolute Gasteiger partial charge is 0.387 e. The topological polar surface area (TPSA) is 62.3 Å². The van der Waals surface area contributed by atoms with E-state index in [2.05, 4.69) is 10.3 Å². The SMILES string of the molecule is CNc1ccncc1S(=O)(=O)N1CCCc2ccccc21. The summed E-state index contributed by atoms with van der Waals surface area (Å²) in [7, 11) is -1.90. The fourth-order valence-corrected chi connectivity index (χ4v) is 4.35. The van der Waals surface area contributed by atoms with E-state index in [1.165, 1.54) is 10.5 Å². The molecule has 0 spiro atoms. The quantitative estimate of drug-likeness (QED) is 0.945. The Morgan fingerprint density at radius 1 is 1.24 bits per heavy atom. The standard InChI is InChI=1S/C15H17N3O2S/c1-16-13-8-9-17-11-15(13)21(19,20)18-10-4-6-12-5-2-3-7-14(12)18/h2-3,5,7-9,11H,4,6,10H2,1H3,(H,16,17). The third-order valence-electron chi connectivity index (χ3n) is 3.69. The molecule has 110 valence electrons. The molecule has 1 aliphatic heterocycles. The monoisotopic (exact) mass is 303 g/mol. The summed E-state index contributed by atoms with van der Waals surface area (Å²) in [6.07, 6.45) is 4.72. The van der Waals surface area contributed by atoms with Crippen molar-refractivity contribution in [2.24, 2.45) is 0 Å². The number of aromatic nitrogens is 1. The average Bonchev–Trinajstić information content (AvgIpc) is 2.54. The maximum Gasteiger partial charge on any atom is 0.267 e. The summed E-state index contributed by atoms with van der Waals surface area (Å²) in [6.45, 7) is 0.497. The van der Waals surface area contributed by atoms with E-state index in [0.717, 1.165) is 24.1 Å². The van der Waals surface area contributed by atoms with Crippen LogP contribution in [0.1, 0.15) is 12.0 Å². The molecule has 0 atom stereocenters. The molecule has 1 N–H and O–H groups in total. The van der Waals surface area contributed by atoms with Gasteiger partial charge in [0.1, 0.15) is 4.90 Å². The van der Waals surface area contributed by atoms with Crippen molar-refractivity contribution in [2.45, 2.75) is 17.7 Å². The first-order valence-corrected chi connectivity index (χ1v) is 8.31. The summed E-state index contributed by atoms with van der Waals surface area (Å²) in [5.74, 6) is 0. The van der Waals surface area contributed by atoms with Crippen molar-refractivity contribution in [1.29, 1.82) is 0 Å². The highest BCUT2D eigenvalue weighted by Crippen LogP contribution is 2.33. The molecule has 0 bridgehead atoms. The molecule has 6 heteroatoms. The molecule has 0 saturated carbocycles. The van der Waals surface area contributed by atoms with Crippen molar-refractivity contribution >= 4 is 21.4 Å². The minimum absolute atomic E-state index is 0.212. The fourth-order valence-electron chi connectivity index (χ4n) is 2.66. The highest BCUT2D eigenvalue weighted by molar-refractivity contribution is 7.93. The molecule has 0 radical (unpaired) electrons. The van der Waals surface area contributed by atoms with Gasteiger partial charge in [0.05, 0.1) is 11.4 Å². The van der Waals surface area contributed by atoms with Gasteiger partial charge in [0.2, 0.25) is 0 Å². The number of sulfonamides is 1. The molecule has 1 aromatic heterocycles. The van der Waals surface area contributed by atoms with Gasteiger partial charge in [-0.05, 0) is 30.5 Å². The molecule has 0 unspecified atom stereocenters. The number of benzene rings is 1. The van der Waals surface area contributed by atoms with E-state index in [0.29, 0.717) is 12.2 Å². The van der Waals surface area contributed by atoms with Crippen LogP contribution in [0, 0.1) is 0 Å². The van der Waals surface area contributed by atoms with Crippen LogP contribution in [0.4, 0.5) is 11.4 Å². The van der Waals surface area contributed by atoms with Gasteiger partial charge in [-0.2, -0.15) is 0 Å². The second-order valence-electron chi connectivity index (χ2n) is 4.93. The highest BCUT2D eigenvalue weighted by atomic mass is 32.2. The van der Waals surface area contributed by atoms with Crippen LogP contribution in [-0.4, -0.2) is 27.0 Å². The molecule has 1 aromatic carbocycles. The lowest BCUT2D eigenvalue weighted by Crippen LogP contribution is -2.35. The van der Waals surface area contributed by atoms with E-state index in [4.69, 9.17) is 0 Å². The number of hydrogen-bond donors (Lipinski definition) is 1. The molecule has 0 saturated heterocycles. The van der Waals surface area contributed by atoms with E-state index in [1.54, 1.807) is 19.3 Å². The van der Waals surface area contributed by atoms with E-state index in [1.807, 2.05) is 24.3 Å². The van der Waals surface area contributed by atoms with Gasteiger partial charge >= 0.3 is 0 Å². The van der Waals surface area contributed by atoms with Crippen LogP contribution in [0.5, 0.6) is 0 Å². The Hall–Kier alpha value is -2.08. The Morgan fingerprint density at radius 3 is 2.86 bits per heavy atom. The van der Waals surface area contributed by atoms with Crippen molar-refractivity contribution in [3.8, 4) is 0 Å². The first kappa shape index (κ1) is 13.9. The van der Waals surface area contributed by atoms with Crippen LogP contribution in [0.2, 0.25) is 0 Å². The third-order valence-corrected chi connectivity index (χ3v) is 5.53. The predicted octanol–water partition coefficient (Wildman–Crippen LogP) is 2.26. The van der Waals surface area contributed by atoms with Gasteiger partial charge in [0.25, 0.3) is 10.0 Å². The summed E-state index contributed by atoms with van der Waals surface area (Å²) in [5.41, 5.74) is 2.41. The van der Waals surface area contributed by atoms with Crippen molar-refractivity contribution in [3.05, 3.63) is 48.3 Å². The molecule has 1 aliphatic rings. The van der Waals surface area contributed by atoms with Crippen molar-refractivity contribution in [1.82, 2.24) is 4.98 Å². The number of anilines is 2. The molecular formula is C15H17N3O2S. The van der Waals surface area contributed by atoms with Crippen LogP contribution >= 0.6 is 0 Å². The first-order valence-electron chi connectivity index (χ1n) is 6.87. The maximum absolute atomic E-state index is 13.0. The number of pyridine rings is 1. The van der Waals surface area contributed by atoms with Crippen LogP contribution in [0.15, 0.2) is 47.6 Å². The zero-order valence-corrected chi connectivity index (χ0v) is 12.6. The second kappa shape index (κ2) is 5.37. The molecule has 2 aromatic rings. The average molecular weight is 303 g/mol. The lowest BCUT2D eigenvalue weighted by Gasteiger charge is -2.30. The highest BCUT2D eigenvalue weighted by Gasteiger charge is 2.30. The number of aryl methyl sites for hydroxylation is 1. The summed E-state index contributed by atoms with van der Waals surface area (Å²) >= 11 is 0. The summed E-state index contributed by atoms with van der Waals surface area (Å²) in [5, 5.41) is 2.92. The molecule has 0 amide bonds. The molecule has 2 heterocycles. The summed E-state index contributed by atoms with van der Waals surface area (Å²) in [6, 6.07) is 9.33. The molecule has 0 aliphatic carbocycles. The minimum atomic E-state index is -3.61. The fraction of sp³-hybridized carbons (Fsp3) is 0.267. The number of nitrogens with zero attached hydrogens (tertiary/aromatic N) is 2. The Labute approximate surface area is 124 Å². The zero-order chi connectivity index (χ0) is 14.9. The lowest BCUT2D eigenvalue weighted by atomic mass is 10.0. The van der Waals surface area contributed by atoms with Gasteiger partial charge in [-0.15, -0.1) is 0 Å². The summed E-state index contributed by atoms with van der Waals surface area (Å²) < 4.78 is 27.4. The van der Waals surface area contributed by atoms with Gasteiger partial charge < -0.3 is 5.32 Å². The van der Waals surface area contributed by atoms with Crippen molar-refractivity contribution < 1.29 is 8.42 Å². The van der Waals surface area contributed by atoms with E-state index in [-0.39, 0.29) is 4.90 Å². The van der Waals surface area contributed by atoms with Crippen LogP contribution in [-0.2, 0) is 16.4 Å². The number of rotatable bonds is 3. The second-order valence-corrected chi connectivity index (χ2v) is 6.76. The van der Waals surface area contributed by atoms with E-state index >= 15 is 0 Å². The number of hydrogen-bond acceptors (Lipinski definition) is 4.